The van der Waals surface area contributed by atoms with Gasteiger partial charge in [0.1, 0.15) is 12.4 Å². The number of fused-ring (bicyclic) bond motifs is 1. The van der Waals surface area contributed by atoms with E-state index in [9.17, 15) is 39.6 Å². The molecule has 43 heavy (non-hydrogen) atoms. The van der Waals surface area contributed by atoms with E-state index in [1.165, 1.54) is 40.9 Å². The fraction of sp³-hybridized carbons (Fsp3) is 0.300. The number of ether oxygens (including phenoxy) is 1. The lowest BCUT2D eigenvalue weighted by atomic mass is 9.93. The zero-order chi connectivity index (χ0) is 31.2. The molecule has 2 aliphatic rings. The molecule has 0 aromatic heterocycles. The third kappa shape index (κ3) is 6.63. The van der Waals surface area contributed by atoms with Gasteiger partial charge in [-0.05, 0) is 59.2 Å². The number of alkyl halides is 6. The van der Waals surface area contributed by atoms with Crippen LogP contribution in [0.2, 0.25) is 0 Å². The van der Waals surface area contributed by atoms with Gasteiger partial charge in [-0.25, -0.2) is 8.42 Å². The first-order chi connectivity index (χ1) is 20.1. The molecule has 0 unspecified atom stereocenters. The number of ketones is 1. The number of rotatable bonds is 7. The third-order valence-electron chi connectivity index (χ3n) is 7.46. The molecule has 1 aliphatic heterocycles. The van der Waals surface area contributed by atoms with Gasteiger partial charge in [-0.3, -0.25) is 9.69 Å². The van der Waals surface area contributed by atoms with Gasteiger partial charge in [0.2, 0.25) is 10.0 Å². The second-order valence-corrected chi connectivity index (χ2v) is 12.3. The highest BCUT2D eigenvalue weighted by Crippen LogP contribution is 2.44. The normalized spacial score (nSPS) is 17.0. The molecule has 1 heterocycles. The summed E-state index contributed by atoms with van der Waals surface area (Å²) < 4.78 is 110. The zero-order valence-electron chi connectivity index (χ0n) is 22.8. The standard InChI is InChI=1S/C30H26F6N2O4S/c1-43(40,41)38-14-12-37(13-15-38)16-17-42-23-10-11-24-25(18-23)28(39)27(20-4-8-22(9-5-20)30(34,35)36)26(24)19-2-6-21(7-3-19)29(31,32)33/h2-11,18H,12-17H2,1H3. The smallest absolute Gasteiger partial charge is 0.416 e. The summed E-state index contributed by atoms with van der Waals surface area (Å²) in [5.74, 6) is -0.130. The topological polar surface area (TPSA) is 66.9 Å². The molecule has 1 aliphatic carbocycles. The van der Waals surface area contributed by atoms with Crippen molar-refractivity contribution in [3.05, 3.63) is 100 Å². The van der Waals surface area contributed by atoms with Gasteiger partial charge < -0.3 is 4.74 Å². The van der Waals surface area contributed by atoms with E-state index in [4.69, 9.17) is 4.74 Å². The predicted octanol–water partition coefficient (Wildman–Crippen LogP) is 5.84. The Kier molecular flexibility index (Phi) is 8.18. The molecule has 1 saturated heterocycles. The van der Waals surface area contributed by atoms with Crippen LogP contribution in [0.5, 0.6) is 5.75 Å². The molecule has 0 radical (unpaired) electrons. The van der Waals surface area contributed by atoms with Crippen LogP contribution < -0.4 is 4.74 Å². The van der Waals surface area contributed by atoms with E-state index in [-0.39, 0.29) is 23.3 Å². The van der Waals surface area contributed by atoms with Crippen LogP contribution in [0.1, 0.15) is 38.2 Å². The van der Waals surface area contributed by atoms with Crippen molar-refractivity contribution in [3.63, 3.8) is 0 Å². The predicted molar refractivity (Wildman–Crippen MR) is 148 cm³/mol. The summed E-state index contributed by atoms with van der Waals surface area (Å²) in [6, 6.07) is 13.0. The van der Waals surface area contributed by atoms with Crippen LogP contribution in [0.15, 0.2) is 66.7 Å². The van der Waals surface area contributed by atoms with Crippen molar-refractivity contribution in [2.24, 2.45) is 0 Å². The number of nitrogens with zero attached hydrogens (tertiary/aromatic N) is 2. The fourth-order valence-electron chi connectivity index (χ4n) is 5.21. The van der Waals surface area contributed by atoms with Crippen molar-refractivity contribution in [2.75, 3.05) is 45.6 Å². The van der Waals surface area contributed by atoms with E-state index in [0.717, 1.165) is 24.3 Å². The van der Waals surface area contributed by atoms with Crippen molar-refractivity contribution in [3.8, 4) is 5.75 Å². The van der Waals surface area contributed by atoms with Gasteiger partial charge in [-0.1, -0.05) is 24.3 Å². The second-order valence-electron chi connectivity index (χ2n) is 10.3. The molecule has 0 amide bonds. The first kappa shape index (κ1) is 30.8. The fourth-order valence-corrected chi connectivity index (χ4v) is 6.03. The summed E-state index contributed by atoms with van der Waals surface area (Å²) in [4.78, 5) is 15.7. The van der Waals surface area contributed by atoms with Crippen molar-refractivity contribution in [1.29, 1.82) is 0 Å². The molecule has 13 heteroatoms. The third-order valence-corrected chi connectivity index (χ3v) is 8.76. The van der Waals surface area contributed by atoms with Crippen LogP contribution in [0.4, 0.5) is 26.3 Å². The molecule has 228 valence electrons. The van der Waals surface area contributed by atoms with Crippen LogP contribution in [0.25, 0.3) is 11.1 Å². The molecule has 0 spiro atoms. The molecule has 3 aromatic rings. The lowest BCUT2D eigenvalue weighted by Gasteiger charge is -2.33. The van der Waals surface area contributed by atoms with Crippen molar-refractivity contribution in [1.82, 2.24) is 9.21 Å². The molecule has 3 aromatic carbocycles. The maximum absolute atomic E-state index is 13.7. The molecule has 5 rings (SSSR count). The van der Waals surface area contributed by atoms with Gasteiger partial charge in [0.15, 0.2) is 5.78 Å². The Morgan fingerprint density at radius 2 is 1.23 bits per heavy atom. The van der Waals surface area contributed by atoms with Gasteiger partial charge in [0, 0.05) is 49.4 Å². The van der Waals surface area contributed by atoms with E-state index in [1.54, 1.807) is 12.1 Å². The average molecular weight is 625 g/mol. The van der Waals surface area contributed by atoms with Gasteiger partial charge in [-0.15, -0.1) is 0 Å². The summed E-state index contributed by atoms with van der Waals surface area (Å²) in [5, 5.41) is 0. The van der Waals surface area contributed by atoms with Crippen molar-refractivity contribution < 1.29 is 44.3 Å². The lowest BCUT2D eigenvalue weighted by Crippen LogP contribution is -2.49. The Balaban J connectivity index is 1.40. The van der Waals surface area contributed by atoms with E-state index in [2.05, 4.69) is 0 Å². The SMILES string of the molecule is CS(=O)(=O)N1CCN(CCOc2ccc3c(c2)C(=O)C(c2ccc(C(F)(F)F)cc2)=C3c2ccc(C(F)(F)F)cc2)CC1. The van der Waals surface area contributed by atoms with Crippen molar-refractivity contribution in [2.45, 2.75) is 12.4 Å². The minimum absolute atomic E-state index is 0.0735. The quantitative estimate of drug-likeness (QED) is 0.310. The minimum atomic E-state index is -4.58. The number of piperazine rings is 1. The Morgan fingerprint density at radius 1 is 0.721 bits per heavy atom. The van der Waals surface area contributed by atoms with Crippen LogP contribution in [-0.4, -0.2) is 69.0 Å². The first-order valence-electron chi connectivity index (χ1n) is 13.2. The van der Waals surface area contributed by atoms with Crippen LogP contribution in [-0.2, 0) is 22.4 Å². The average Bonchev–Trinajstić information content (AvgIpc) is 3.23. The highest BCUT2D eigenvalue weighted by Gasteiger charge is 2.35. The molecule has 1 fully saturated rings. The summed E-state index contributed by atoms with van der Waals surface area (Å²) in [6.07, 6.45) is -7.98. The largest absolute Gasteiger partial charge is 0.492 e. The van der Waals surface area contributed by atoms with Gasteiger partial charge in [0.25, 0.3) is 0 Å². The minimum Gasteiger partial charge on any atom is -0.492 e. The van der Waals surface area contributed by atoms with Crippen LogP contribution in [0, 0.1) is 0 Å². The highest BCUT2D eigenvalue weighted by atomic mass is 32.2. The number of sulfonamides is 1. The Morgan fingerprint density at radius 3 is 1.72 bits per heavy atom. The number of halogens is 6. The van der Waals surface area contributed by atoms with E-state index >= 15 is 0 Å². The number of carbonyl (C=O) groups is 1. The molecule has 0 bridgehead atoms. The molecule has 0 atom stereocenters. The monoisotopic (exact) mass is 624 g/mol. The molecule has 6 nitrogen and oxygen atoms in total. The van der Waals surface area contributed by atoms with E-state index in [0.29, 0.717) is 55.2 Å². The number of allylic oxidation sites excluding steroid dienone is 1. The van der Waals surface area contributed by atoms with Crippen LogP contribution in [0.3, 0.4) is 0 Å². The first-order valence-corrected chi connectivity index (χ1v) is 15.1. The van der Waals surface area contributed by atoms with Crippen LogP contribution >= 0.6 is 0 Å². The summed E-state index contributed by atoms with van der Waals surface area (Å²) in [5.41, 5.74) is -0.263. The zero-order valence-corrected chi connectivity index (χ0v) is 23.6. The number of Topliss-reactive ketones (excluding diaryl/α,β-unsaturated/α-hetero) is 1. The highest BCUT2D eigenvalue weighted by molar-refractivity contribution is 7.88. The maximum Gasteiger partial charge on any atom is 0.416 e. The summed E-state index contributed by atoms with van der Waals surface area (Å²) in [6.45, 7) is 2.58. The number of hydrogen-bond acceptors (Lipinski definition) is 5. The molecular weight excluding hydrogens is 598 g/mol. The Bertz CT molecular complexity index is 1660. The van der Waals surface area contributed by atoms with E-state index in [1.807, 2.05) is 4.90 Å². The van der Waals surface area contributed by atoms with E-state index < -0.39 is 39.3 Å². The number of carbonyl (C=O) groups excluding carboxylic acids is 1. The van der Waals surface area contributed by atoms with Gasteiger partial charge >= 0.3 is 12.4 Å². The molecular formula is C30H26F6N2O4S. The second kappa shape index (κ2) is 11.4. The lowest BCUT2D eigenvalue weighted by molar-refractivity contribution is -0.138. The summed E-state index contributed by atoms with van der Waals surface area (Å²) in [7, 11) is -3.25. The molecule has 0 N–H and O–H groups in total. The summed E-state index contributed by atoms with van der Waals surface area (Å²) >= 11 is 0. The molecule has 0 saturated carbocycles. The maximum atomic E-state index is 13.7. The Labute approximate surface area is 244 Å². The number of benzene rings is 3. The van der Waals surface area contributed by atoms with Gasteiger partial charge in [0.05, 0.1) is 17.4 Å². The van der Waals surface area contributed by atoms with Crippen molar-refractivity contribution >= 4 is 27.0 Å². The number of hydrogen-bond donors (Lipinski definition) is 0. The van der Waals surface area contributed by atoms with Gasteiger partial charge in [-0.2, -0.15) is 30.6 Å². The Hall–Kier alpha value is -3.68.